The van der Waals surface area contributed by atoms with Gasteiger partial charge in [-0.3, -0.25) is 9.48 Å². The molecule has 1 aromatic carbocycles. The van der Waals surface area contributed by atoms with Crippen LogP contribution < -0.4 is 10.1 Å². The first-order valence-corrected chi connectivity index (χ1v) is 9.72. The smallest absolute Gasteiger partial charge is 0.274 e. The van der Waals surface area contributed by atoms with E-state index in [0.717, 1.165) is 28.3 Å². The highest BCUT2D eigenvalue weighted by molar-refractivity contribution is 5.93. The summed E-state index contributed by atoms with van der Waals surface area (Å²) in [6, 6.07) is 7.80. The monoisotopic (exact) mass is 396 g/mol. The van der Waals surface area contributed by atoms with Gasteiger partial charge in [0, 0.05) is 11.7 Å². The molecule has 154 valence electrons. The third-order valence-electron chi connectivity index (χ3n) is 5.05. The van der Waals surface area contributed by atoms with Crippen LogP contribution in [0.25, 0.3) is 0 Å². The van der Waals surface area contributed by atoms with Crippen LogP contribution in [0, 0.1) is 34.6 Å². The van der Waals surface area contributed by atoms with Gasteiger partial charge in [0.2, 0.25) is 0 Å². The molecular weight excluding hydrogens is 368 g/mol. The van der Waals surface area contributed by atoms with Crippen molar-refractivity contribution in [3.8, 4) is 5.75 Å². The number of carbonyl (C=O) groups excluding carboxylic acids is 1. The Morgan fingerprint density at radius 3 is 2.69 bits per heavy atom. The Balaban J connectivity index is 1.68. The summed E-state index contributed by atoms with van der Waals surface area (Å²) < 4.78 is 13.1. The molecule has 3 aromatic rings. The largest absolute Gasteiger partial charge is 0.488 e. The van der Waals surface area contributed by atoms with E-state index in [1.165, 1.54) is 0 Å². The van der Waals surface area contributed by atoms with E-state index in [4.69, 9.17) is 9.26 Å². The molecule has 3 rings (SSSR count). The van der Waals surface area contributed by atoms with Gasteiger partial charge >= 0.3 is 0 Å². The van der Waals surface area contributed by atoms with Crippen LogP contribution in [0.1, 0.15) is 51.3 Å². The molecule has 7 heteroatoms. The number of hydrogen-bond donors (Lipinski definition) is 1. The summed E-state index contributed by atoms with van der Waals surface area (Å²) in [7, 11) is 0. The van der Waals surface area contributed by atoms with Gasteiger partial charge in [0.15, 0.2) is 5.69 Å². The first-order valence-electron chi connectivity index (χ1n) is 9.72. The minimum Gasteiger partial charge on any atom is -0.488 e. The van der Waals surface area contributed by atoms with Crippen molar-refractivity contribution < 1.29 is 14.1 Å². The van der Waals surface area contributed by atoms with E-state index in [1.807, 2.05) is 63.6 Å². The summed E-state index contributed by atoms with van der Waals surface area (Å²) in [5.74, 6) is 1.08. The minimum atomic E-state index is -0.282. The second-order valence-corrected chi connectivity index (χ2v) is 7.54. The third kappa shape index (κ3) is 4.67. The number of benzene rings is 1. The number of rotatable bonds is 7. The Morgan fingerprint density at radius 2 is 2.00 bits per heavy atom. The maximum Gasteiger partial charge on any atom is 0.274 e. The fraction of sp³-hybridized carbons (Fsp3) is 0.409. The fourth-order valence-corrected chi connectivity index (χ4v) is 3.23. The van der Waals surface area contributed by atoms with Gasteiger partial charge in [-0.2, -0.15) is 5.10 Å². The van der Waals surface area contributed by atoms with Gasteiger partial charge < -0.3 is 14.6 Å². The molecule has 1 amide bonds. The fourth-order valence-electron chi connectivity index (χ4n) is 3.23. The standard InChI is InChI=1S/C22H28N4O3/c1-13-8-7-9-20(17(13)5)28-12-19-18(6)29-25-21(19)22(27)23-15(3)11-26-16(4)10-14(2)24-26/h7-10,15H,11-12H2,1-6H3,(H,23,27). The van der Waals surface area contributed by atoms with Crippen LogP contribution >= 0.6 is 0 Å². The molecule has 0 bridgehead atoms. The topological polar surface area (TPSA) is 82.2 Å². The normalized spacial score (nSPS) is 12.1. The second kappa shape index (κ2) is 8.51. The number of amides is 1. The molecule has 0 saturated carbocycles. The Bertz CT molecular complexity index is 1020. The molecule has 2 aromatic heterocycles. The van der Waals surface area contributed by atoms with Crippen molar-refractivity contribution in [1.29, 1.82) is 0 Å². The number of nitrogens with zero attached hydrogens (tertiary/aromatic N) is 3. The molecule has 2 heterocycles. The maximum absolute atomic E-state index is 12.8. The van der Waals surface area contributed by atoms with Crippen LogP contribution in [0.3, 0.4) is 0 Å². The highest BCUT2D eigenvalue weighted by Crippen LogP contribution is 2.23. The quantitative estimate of drug-likeness (QED) is 0.657. The molecule has 0 aliphatic rings. The van der Waals surface area contributed by atoms with Gasteiger partial charge in [0.05, 0.1) is 17.8 Å². The van der Waals surface area contributed by atoms with Gasteiger partial charge in [-0.05, 0) is 64.8 Å². The summed E-state index contributed by atoms with van der Waals surface area (Å²) in [5.41, 5.74) is 5.16. The molecule has 0 aliphatic carbocycles. The summed E-state index contributed by atoms with van der Waals surface area (Å²) in [6.07, 6.45) is 0. The van der Waals surface area contributed by atoms with E-state index in [0.29, 0.717) is 17.9 Å². The van der Waals surface area contributed by atoms with Crippen LogP contribution in [0.5, 0.6) is 5.75 Å². The van der Waals surface area contributed by atoms with Gasteiger partial charge in [0.1, 0.15) is 18.1 Å². The Kier molecular flexibility index (Phi) is 6.06. The molecule has 29 heavy (non-hydrogen) atoms. The third-order valence-corrected chi connectivity index (χ3v) is 5.05. The lowest BCUT2D eigenvalue weighted by Crippen LogP contribution is -2.36. The number of carbonyl (C=O) groups is 1. The van der Waals surface area contributed by atoms with Crippen molar-refractivity contribution >= 4 is 5.91 Å². The molecule has 0 radical (unpaired) electrons. The van der Waals surface area contributed by atoms with Crippen LogP contribution in [-0.2, 0) is 13.2 Å². The SMILES string of the molecule is Cc1cc(C)n(CC(C)NC(=O)c2noc(C)c2COc2cccc(C)c2C)n1. The van der Waals surface area contributed by atoms with Crippen molar-refractivity contribution in [2.24, 2.45) is 0 Å². The predicted octanol–water partition coefficient (Wildman–Crippen LogP) is 3.81. The first-order chi connectivity index (χ1) is 13.8. The lowest BCUT2D eigenvalue weighted by molar-refractivity contribution is 0.0924. The van der Waals surface area contributed by atoms with E-state index in [9.17, 15) is 4.79 Å². The summed E-state index contributed by atoms with van der Waals surface area (Å²) >= 11 is 0. The van der Waals surface area contributed by atoms with Gasteiger partial charge in [-0.25, -0.2) is 0 Å². The zero-order chi connectivity index (χ0) is 21.1. The van der Waals surface area contributed by atoms with Gasteiger partial charge in [-0.15, -0.1) is 0 Å². The molecule has 1 unspecified atom stereocenters. The number of nitrogens with one attached hydrogen (secondary N) is 1. The lowest BCUT2D eigenvalue weighted by atomic mass is 10.1. The first kappa shape index (κ1) is 20.6. The van der Waals surface area contributed by atoms with E-state index < -0.39 is 0 Å². The number of aryl methyl sites for hydroxylation is 4. The number of hydrogen-bond acceptors (Lipinski definition) is 5. The molecule has 1 N–H and O–H groups in total. The highest BCUT2D eigenvalue weighted by atomic mass is 16.5. The Labute approximate surface area is 171 Å². The molecule has 0 saturated heterocycles. The van der Waals surface area contributed by atoms with Crippen molar-refractivity contribution in [1.82, 2.24) is 20.3 Å². The van der Waals surface area contributed by atoms with E-state index >= 15 is 0 Å². The van der Waals surface area contributed by atoms with Crippen molar-refractivity contribution in [2.75, 3.05) is 0 Å². The van der Waals surface area contributed by atoms with Crippen molar-refractivity contribution in [3.05, 3.63) is 63.8 Å². The molecule has 1 atom stereocenters. The molecule has 0 fully saturated rings. The zero-order valence-corrected chi connectivity index (χ0v) is 17.9. The summed E-state index contributed by atoms with van der Waals surface area (Å²) in [6.45, 7) is 12.5. The van der Waals surface area contributed by atoms with Crippen LogP contribution in [-0.4, -0.2) is 26.9 Å². The lowest BCUT2D eigenvalue weighted by Gasteiger charge is -2.15. The summed E-state index contributed by atoms with van der Waals surface area (Å²) in [4.78, 5) is 12.8. The van der Waals surface area contributed by atoms with Crippen LogP contribution in [0.15, 0.2) is 28.8 Å². The van der Waals surface area contributed by atoms with E-state index in [1.54, 1.807) is 6.92 Å². The molecule has 0 aliphatic heterocycles. The average molecular weight is 396 g/mol. The van der Waals surface area contributed by atoms with Crippen molar-refractivity contribution in [3.63, 3.8) is 0 Å². The van der Waals surface area contributed by atoms with E-state index in [-0.39, 0.29) is 24.2 Å². The Morgan fingerprint density at radius 1 is 1.24 bits per heavy atom. The molecule has 7 nitrogen and oxygen atoms in total. The van der Waals surface area contributed by atoms with Gasteiger partial charge in [0.25, 0.3) is 5.91 Å². The van der Waals surface area contributed by atoms with Gasteiger partial charge in [-0.1, -0.05) is 17.3 Å². The average Bonchev–Trinajstić information content (AvgIpc) is 3.17. The molecular formula is C22H28N4O3. The van der Waals surface area contributed by atoms with E-state index in [2.05, 4.69) is 15.6 Å². The molecule has 0 spiro atoms. The van der Waals surface area contributed by atoms with Crippen LogP contribution in [0.4, 0.5) is 0 Å². The summed E-state index contributed by atoms with van der Waals surface area (Å²) in [5, 5.41) is 11.4. The highest BCUT2D eigenvalue weighted by Gasteiger charge is 2.22. The van der Waals surface area contributed by atoms with Crippen molar-refractivity contribution in [2.45, 2.75) is 60.7 Å². The maximum atomic E-state index is 12.8. The zero-order valence-electron chi connectivity index (χ0n) is 17.9. The van der Waals surface area contributed by atoms with Crippen LogP contribution in [0.2, 0.25) is 0 Å². The second-order valence-electron chi connectivity index (χ2n) is 7.54. The minimum absolute atomic E-state index is 0.120. The number of aromatic nitrogens is 3. The number of ether oxygens (including phenoxy) is 1. The predicted molar refractivity (Wildman–Crippen MR) is 110 cm³/mol. The Hall–Kier alpha value is -3.09.